The maximum absolute atomic E-state index is 5.57. The molecule has 0 bridgehead atoms. The summed E-state index contributed by atoms with van der Waals surface area (Å²) in [5.74, 6) is 0.801. The van der Waals surface area contributed by atoms with Crippen molar-refractivity contribution in [2.24, 2.45) is 5.10 Å². The first-order valence-electron chi connectivity index (χ1n) is 9.50. The Hall–Kier alpha value is -3.12. The summed E-state index contributed by atoms with van der Waals surface area (Å²) in [5.41, 5.74) is 3.80. The molecule has 1 aliphatic rings. The van der Waals surface area contributed by atoms with Crippen molar-refractivity contribution in [1.29, 1.82) is 0 Å². The number of benzene rings is 2. The van der Waals surface area contributed by atoms with Gasteiger partial charge in [0, 0.05) is 43.5 Å². The van der Waals surface area contributed by atoms with Crippen molar-refractivity contribution in [3.8, 4) is 22.7 Å². The van der Waals surface area contributed by atoms with E-state index >= 15 is 0 Å². The molecule has 0 amide bonds. The van der Waals surface area contributed by atoms with Crippen LogP contribution >= 0.6 is 0 Å². The number of hydrogen-bond acceptors (Lipinski definition) is 5. The minimum atomic E-state index is 0.801. The predicted octanol–water partition coefficient (Wildman–Crippen LogP) is 3.13. The minimum absolute atomic E-state index is 0.801. The van der Waals surface area contributed by atoms with Crippen molar-refractivity contribution in [2.75, 3.05) is 40.3 Å². The van der Waals surface area contributed by atoms with Gasteiger partial charge in [-0.1, -0.05) is 30.3 Å². The molecule has 6 nitrogen and oxygen atoms in total. The fraction of sp³-hybridized carbons (Fsp3) is 0.273. The molecule has 1 saturated heterocycles. The molecule has 0 unspecified atom stereocenters. The standard InChI is InChI=1S/C22H25N5O/c1-25-12-14-26(15-13-25)23-16-18-17-27(19-8-4-3-5-9-19)24-22(18)20-10-6-7-11-21(20)28-2/h3-11,16-17H,12-15H2,1-2H3/b23-16-. The van der Waals surface area contributed by atoms with Gasteiger partial charge in [0.25, 0.3) is 0 Å². The van der Waals surface area contributed by atoms with E-state index in [0.717, 1.165) is 54.4 Å². The molecule has 4 rings (SSSR count). The van der Waals surface area contributed by atoms with E-state index in [4.69, 9.17) is 14.9 Å². The SMILES string of the molecule is COc1ccccc1-c1nn(-c2ccccc2)cc1/C=N\N1CCN(C)CC1. The molecule has 144 valence electrons. The van der Waals surface area contributed by atoms with Crippen LogP contribution in [0.5, 0.6) is 5.75 Å². The number of likely N-dealkylation sites (N-methyl/N-ethyl adjacent to an activating group) is 1. The molecule has 2 heterocycles. The van der Waals surface area contributed by atoms with E-state index in [1.54, 1.807) is 7.11 Å². The summed E-state index contributed by atoms with van der Waals surface area (Å²) in [7, 11) is 3.83. The molecule has 1 fully saturated rings. The van der Waals surface area contributed by atoms with E-state index in [9.17, 15) is 0 Å². The zero-order chi connectivity index (χ0) is 19.3. The Morgan fingerprint density at radius 2 is 1.68 bits per heavy atom. The average Bonchev–Trinajstić information content (AvgIpc) is 3.18. The van der Waals surface area contributed by atoms with Crippen LogP contribution in [0.25, 0.3) is 16.9 Å². The molecule has 2 aromatic carbocycles. The lowest BCUT2D eigenvalue weighted by molar-refractivity contribution is 0.159. The lowest BCUT2D eigenvalue weighted by atomic mass is 10.1. The van der Waals surface area contributed by atoms with Gasteiger partial charge in [0.2, 0.25) is 0 Å². The summed E-state index contributed by atoms with van der Waals surface area (Å²) in [5, 5.41) is 11.7. The Bertz CT molecular complexity index is 943. The number of nitrogens with zero attached hydrogens (tertiary/aromatic N) is 5. The van der Waals surface area contributed by atoms with Gasteiger partial charge in [-0.15, -0.1) is 0 Å². The Labute approximate surface area is 165 Å². The number of ether oxygens (including phenoxy) is 1. The van der Waals surface area contributed by atoms with Gasteiger partial charge in [0.1, 0.15) is 11.4 Å². The third kappa shape index (κ3) is 3.92. The number of piperazine rings is 1. The Morgan fingerprint density at radius 1 is 0.964 bits per heavy atom. The van der Waals surface area contributed by atoms with E-state index in [2.05, 4.69) is 17.0 Å². The molecule has 0 atom stereocenters. The molecule has 6 heteroatoms. The Balaban J connectivity index is 1.72. The maximum atomic E-state index is 5.57. The summed E-state index contributed by atoms with van der Waals surface area (Å²) >= 11 is 0. The van der Waals surface area contributed by atoms with E-state index < -0.39 is 0 Å². The van der Waals surface area contributed by atoms with Gasteiger partial charge in [-0.25, -0.2) is 4.68 Å². The molecular formula is C22H25N5O. The summed E-state index contributed by atoms with van der Waals surface area (Å²) in [6.07, 6.45) is 3.94. The van der Waals surface area contributed by atoms with Crippen molar-refractivity contribution in [3.05, 3.63) is 66.4 Å². The quantitative estimate of drug-likeness (QED) is 0.643. The summed E-state index contributed by atoms with van der Waals surface area (Å²) in [6.45, 7) is 3.92. The topological polar surface area (TPSA) is 45.9 Å². The van der Waals surface area contributed by atoms with Crippen LogP contribution in [0, 0.1) is 0 Å². The highest BCUT2D eigenvalue weighted by atomic mass is 16.5. The Morgan fingerprint density at radius 3 is 2.43 bits per heavy atom. The fourth-order valence-electron chi connectivity index (χ4n) is 3.30. The monoisotopic (exact) mass is 375 g/mol. The van der Waals surface area contributed by atoms with Gasteiger partial charge >= 0.3 is 0 Å². The van der Waals surface area contributed by atoms with Crippen LogP contribution in [-0.2, 0) is 0 Å². The highest BCUT2D eigenvalue weighted by molar-refractivity contribution is 5.90. The zero-order valence-electron chi connectivity index (χ0n) is 16.3. The van der Waals surface area contributed by atoms with Crippen molar-refractivity contribution < 1.29 is 4.74 Å². The van der Waals surface area contributed by atoms with E-state index in [1.165, 1.54) is 0 Å². The van der Waals surface area contributed by atoms with Crippen LogP contribution in [0.4, 0.5) is 0 Å². The largest absolute Gasteiger partial charge is 0.496 e. The molecule has 1 aromatic heterocycles. The molecule has 0 radical (unpaired) electrons. The molecule has 0 aliphatic carbocycles. The third-order valence-electron chi connectivity index (χ3n) is 4.97. The summed E-state index contributed by atoms with van der Waals surface area (Å²) in [4.78, 5) is 2.32. The minimum Gasteiger partial charge on any atom is -0.496 e. The second-order valence-electron chi connectivity index (χ2n) is 6.91. The van der Waals surface area contributed by atoms with E-state index in [-0.39, 0.29) is 0 Å². The van der Waals surface area contributed by atoms with Crippen LogP contribution in [0.2, 0.25) is 0 Å². The highest BCUT2D eigenvalue weighted by Crippen LogP contribution is 2.31. The maximum Gasteiger partial charge on any atom is 0.128 e. The van der Waals surface area contributed by atoms with Gasteiger partial charge < -0.3 is 9.64 Å². The van der Waals surface area contributed by atoms with Crippen LogP contribution in [-0.4, -0.2) is 66.2 Å². The third-order valence-corrected chi connectivity index (χ3v) is 4.97. The number of hydrogen-bond donors (Lipinski definition) is 0. The van der Waals surface area contributed by atoms with E-state index in [1.807, 2.05) is 71.7 Å². The predicted molar refractivity (Wildman–Crippen MR) is 112 cm³/mol. The van der Waals surface area contributed by atoms with Crippen LogP contribution in [0.1, 0.15) is 5.56 Å². The lowest BCUT2D eigenvalue weighted by Crippen LogP contribution is -2.41. The number of aromatic nitrogens is 2. The normalized spacial score (nSPS) is 15.3. The first-order valence-corrected chi connectivity index (χ1v) is 9.50. The second-order valence-corrected chi connectivity index (χ2v) is 6.91. The van der Waals surface area contributed by atoms with Crippen molar-refractivity contribution in [3.63, 3.8) is 0 Å². The number of methoxy groups -OCH3 is 1. The summed E-state index contributed by atoms with van der Waals surface area (Å²) < 4.78 is 7.46. The zero-order valence-corrected chi connectivity index (χ0v) is 16.3. The van der Waals surface area contributed by atoms with Gasteiger partial charge in [0.15, 0.2) is 0 Å². The van der Waals surface area contributed by atoms with Crippen LogP contribution in [0.3, 0.4) is 0 Å². The number of hydrazone groups is 1. The molecule has 0 saturated carbocycles. The summed E-state index contributed by atoms with van der Waals surface area (Å²) in [6, 6.07) is 18.1. The first kappa shape index (κ1) is 18.3. The van der Waals surface area contributed by atoms with Gasteiger partial charge in [-0.2, -0.15) is 10.2 Å². The smallest absolute Gasteiger partial charge is 0.128 e. The van der Waals surface area contributed by atoms with E-state index in [0.29, 0.717) is 0 Å². The molecule has 0 N–H and O–H groups in total. The second kappa shape index (κ2) is 8.27. The molecular weight excluding hydrogens is 350 g/mol. The average molecular weight is 375 g/mol. The van der Waals surface area contributed by atoms with Crippen molar-refractivity contribution in [1.82, 2.24) is 19.7 Å². The molecule has 0 spiro atoms. The number of para-hydroxylation sites is 2. The Kier molecular flexibility index (Phi) is 5.39. The number of rotatable bonds is 5. The first-order chi connectivity index (χ1) is 13.7. The fourth-order valence-corrected chi connectivity index (χ4v) is 3.30. The van der Waals surface area contributed by atoms with Crippen LogP contribution < -0.4 is 4.74 Å². The molecule has 28 heavy (non-hydrogen) atoms. The van der Waals surface area contributed by atoms with Crippen molar-refractivity contribution in [2.45, 2.75) is 0 Å². The van der Waals surface area contributed by atoms with Crippen molar-refractivity contribution >= 4 is 6.21 Å². The molecule has 1 aliphatic heterocycles. The molecule has 3 aromatic rings. The van der Waals surface area contributed by atoms with Crippen LogP contribution in [0.15, 0.2) is 65.9 Å². The highest BCUT2D eigenvalue weighted by Gasteiger charge is 2.16. The van der Waals surface area contributed by atoms with Gasteiger partial charge in [-0.3, -0.25) is 5.01 Å². The van der Waals surface area contributed by atoms with Gasteiger partial charge in [0.05, 0.1) is 19.0 Å². The van der Waals surface area contributed by atoms with Gasteiger partial charge in [-0.05, 0) is 31.3 Å². The lowest BCUT2D eigenvalue weighted by Gasteiger charge is -2.30.